The molecule has 10 heteroatoms. The molecule has 0 amide bonds. The van der Waals surface area contributed by atoms with E-state index >= 15 is 0 Å². The van der Waals surface area contributed by atoms with Crippen molar-refractivity contribution in [2.24, 2.45) is 0 Å². The number of phosphoric ester groups is 1. The largest absolute Gasteiger partial charge is 0.756 e. The van der Waals surface area contributed by atoms with E-state index in [-0.39, 0.29) is 26.1 Å². The van der Waals surface area contributed by atoms with Crippen molar-refractivity contribution in [2.75, 3.05) is 47.5 Å². The minimum atomic E-state index is -4.66. The highest BCUT2D eigenvalue weighted by atomic mass is 31.2. The minimum Gasteiger partial charge on any atom is -0.756 e. The van der Waals surface area contributed by atoms with Crippen LogP contribution in [0.1, 0.15) is 232 Å². The van der Waals surface area contributed by atoms with Gasteiger partial charge in [-0.05, 0) is 116 Å². The maximum Gasteiger partial charge on any atom is 0.306 e. The third kappa shape index (κ3) is 63.1. The van der Waals surface area contributed by atoms with Gasteiger partial charge < -0.3 is 27.9 Å². The zero-order valence-electron chi connectivity index (χ0n) is 51.5. The van der Waals surface area contributed by atoms with Crippen LogP contribution in [-0.2, 0) is 32.7 Å². The fraction of sp³-hybridized carbons (Fsp3) is 0.629. The van der Waals surface area contributed by atoms with Gasteiger partial charge in [-0.25, -0.2) is 0 Å². The maximum atomic E-state index is 12.8. The third-order valence-corrected chi connectivity index (χ3v) is 13.8. The van der Waals surface area contributed by atoms with E-state index < -0.39 is 32.5 Å². The summed E-state index contributed by atoms with van der Waals surface area (Å²) in [4.78, 5) is 37.9. The summed E-state index contributed by atoms with van der Waals surface area (Å²) in [7, 11) is 1.13. The standard InChI is InChI=1S/C70H116NO8P/c1-6-8-10-12-14-16-18-20-22-24-26-28-29-30-31-32-33-34-35-36-37-38-39-40-41-43-45-47-49-51-53-55-57-59-61-63-70(73)79-68(67-78-80(74,75)77-65-64-71(3,4)5)66-76-69(72)62-60-58-56-54-52-50-48-46-44-42-27-25-23-21-19-17-15-13-11-9-7-2/h8-11,14-17,20-23,26-28,30-31,33-34,42,46,48,52,54,68H,6-7,12-13,18-19,24-25,29,32,35-41,43-45,47,49-51,53,55-67H2,1-5H3/b10-8-,11-9-,16-14-,17-15-,22-20-,23-21-,28-26-,31-30-,34-33-,42-27-,48-46-,54-52-. The third-order valence-electron chi connectivity index (χ3n) is 12.9. The number of rotatable bonds is 56. The van der Waals surface area contributed by atoms with E-state index in [0.717, 1.165) is 109 Å². The molecular formula is C70H116NO8P. The van der Waals surface area contributed by atoms with Gasteiger partial charge in [0, 0.05) is 12.8 Å². The lowest BCUT2D eigenvalue weighted by atomic mass is 10.0. The number of ether oxygens (including phenoxy) is 2. The second-order valence-corrected chi connectivity index (χ2v) is 23.1. The molecule has 0 aliphatic carbocycles. The van der Waals surface area contributed by atoms with Crippen molar-refractivity contribution in [1.29, 1.82) is 0 Å². The van der Waals surface area contributed by atoms with E-state index in [4.69, 9.17) is 18.5 Å². The number of allylic oxidation sites excluding steroid dienone is 24. The lowest BCUT2D eigenvalue weighted by molar-refractivity contribution is -0.870. The highest BCUT2D eigenvalue weighted by Crippen LogP contribution is 2.38. The summed E-state index contributed by atoms with van der Waals surface area (Å²) in [5.74, 6) is -0.891. The van der Waals surface area contributed by atoms with E-state index in [1.807, 2.05) is 21.1 Å². The van der Waals surface area contributed by atoms with E-state index in [1.165, 1.54) is 83.5 Å². The quantitative estimate of drug-likeness (QED) is 0.0195. The van der Waals surface area contributed by atoms with Crippen molar-refractivity contribution < 1.29 is 42.1 Å². The normalized spacial score (nSPS) is 14.2. The molecule has 0 fully saturated rings. The number of esters is 2. The Kier molecular flexibility index (Phi) is 56.5. The monoisotopic (exact) mass is 1130 g/mol. The molecule has 0 radical (unpaired) electrons. The number of hydrogen-bond acceptors (Lipinski definition) is 8. The zero-order chi connectivity index (χ0) is 58.4. The summed E-state index contributed by atoms with van der Waals surface area (Å²) in [6.07, 6.45) is 87.7. The van der Waals surface area contributed by atoms with Gasteiger partial charge in [0.1, 0.15) is 19.8 Å². The molecule has 0 N–H and O–H groups in total. The van der Waals surface area contributed by atoms with Crippen LogP contribution in [0.2, 0.25) is 0 Å². The molecule has 0 rings (SSSR count). The van der Waals surface area contributed by atoms with Crippen LogP contribution in [0.5, 0.6) is 0 Å². The summed E-state index contributed by atoms with van der Waals surface area (Å²) in [5.41, 5.74) is 0. The molecule has 0 saturated heterocycles. The fourth-order valence-electron chi connectivity index (χ4n) is 8.07. The Balaban J connectivity index is 4.14. The lowest BCUT2D eigenvalue weighted by Gasteiger charge is -2.28. The molecule has 9 nitrogen and oxygen atoms in total. The molecule has 0 aliphatic rings. The highest BCUT2D eigenvalue weighted by molar-refractivity contribution is 7.45. The number of quaternary nitrogens is 1. The molecule has 80 heavy (non-hydrogen) atoms. The number of phosphoric acid groups is 1. The molecular weight excluding hydrogens is 1010 g/mol. The Morgan fingerprint density at radius 3 is 1.02 bits per heavy atom. The Labute approximate surface area is 491 Å². The van der Waals surface area contributed by atoms with Crippen LogP contribution in [0.15, 0.2) is 146 Å². The van der Waals surface area contributed by atoms with E-state index in [2.05, 4.69) is 160 Å². The Hall–Kier alpha value is -4.11. The Morgan fingerprint density at radius 2 is 0.675 bits per heavy atom. The summed E-state index contributed by atoms with van der Waals surface area (Å²) < 4.78 is 34.2. The van der Waals surface area contributed by atoms with Crippen molar-refractivity contribution >= 4 is 19.8 Å². The van der Waals surface area contributed by atoms with Gasteiger partial charge >= 0.3 is 11.9 Å². The maximum absolute atomic E-state index is 12.8. The second kappa shape index (κ2) is 59.5. The van der Waals surface area contributed by atoms with Crippen LogP contribution in [0.25, 0.3) is 0 Å². The van der Waals surface area contributed by atoms with Crippen LogP contribution >= 0.6 is 7.82 Å². The Bertz CT molecular complexity index is 1860. The number of carbonyl (C=O) groups is 2. The first-order valence-corrected chi connectivity index (χ1v) is 33.0. The van der Waals surface area contributed by atoms with E-state index in [9.17, 15) is 19.0 Å². The van der Waals surface area contributed by atoms with Crippen LogP contribution in [0.3, 0.4) is 0 Å². The van der Waals surface area contributed by atoms with Gasteiger partial charge in [0.05, 0.1) is 27.7 Å². The van der Waals surface area contributed by atoms with Crippen LogP contribution in [0.4, 0.5) is 0 Å². The summed E-state index contributed by atoms with van der Waals surface area (Å²) in [6, 6.07) is 0. The summed E-state index contributed by atoms with van der Waals surface area (Å²) in [5, 5.41) is 0. The molecule has 0 aromatic heterocycles. The molecule has 0 aromatic rings. The SMILES string of the molecule is CC/C=C\C/C=C\C/C=C\C/C=C\C/C=C\C/C=C\CCCCCCCCCCCCCCCCCCC(=O)OC(COC(=O)CCCC/C=C\C/C=C\C/C=C\C/C=C\C/C=C\C/C=C\CC)COP(=O)([O-])OCC[N+](C)(C)C. The molecule has 2 unspecified atom stereocenters. The highest BCUT2D eigenvalue weighted by Gasteiger charge is 2.22. The van der Waals surface area contributed by atoms with Gasteiger partial charge in [0.15, 0.2) is 6.10 Å². The minimum absolute atomic E-state index is 0.0449. The predicted molar refractivity (Wildman–Crippen MR) is 341 cm³/mol. The number of nitrogens with zero attached hydrogens (tertiary/aromatic N) is 1. The molecule has 0 saturated carbocycles. The van der Waals surface area contributed by atoms with Crippen molar-refractivity contribution in [1.82, 2.24) is 0 Å². The molecule has 0 bridgehead atoms. The summed E-state index contributed by atoms with van der Waals surface area (Å²) in [6.45, 7) is 3.95. The first-order chi connectivity index (χ1) is 39.0. The van der Waals surface area contributed by atoms with Gasteiger partial charge in [-0.2, -0.15) is 0 Å². The van der Waals surface area contributed by atoms with Crippen LogP contribution in [0, 0.1) is 0 Å². The van der Waals surface area contributed by atoms with Crippen molar-refractivity contribution in [3.63, 3.8) is 0 Å². The molecule has 2 atom stereocenters. The number of unbranched alkanes of at least 4 members (excludes halogenated alkanes) is 18. The molecule has 0 aromatic carbocycles. The van der Waals surface area contributed by atoms with Gasteiger partial charge in [0.2, 0.25) is 0 Å². The van der Waals surface area contributed by atoms with Crippen LogP contribution in [-0.4, -0.2) is 70.0 Å². The first-order valence-electron chi connectivity index (χ1n) is 31.5. The van der Waals surface area contributed by atoms with Crippen molar-refractivity contribution in [3.8, 4) is 0 Å². The van der Waals surface area contributed by atoms with Gasteiger partial charge in [-0.3, -0.25) is 14.2 Å². The lowest BCUT2D eigenvalue weighted by Crippen LogP contribution is -2.37. The zero-order valence-corrected chi connectivity index (χ0v) is 52.4. The molecule has 0 aliphatic heterocycles. The summed E-state index contributed by atoms with van der Waals surface area (Å²) >= 11 is 0. The van der Waals surface area contributed by atoms with Gasteiger partial charge in [0.25, 0.3) is 7.82 Å². The topological polar surface area (TPSA) is 111 Å². The van der Waals surface area contributed by atoms with Crippen molar-refractivity contribution in [2.45, 2.75) is 238 Å². The fourth-order valence-corrected chi connectivity index (χ4v) is 8.80. The number of carbonyl (C=O) groups excluding carboxylic acids is 2. The van der Waals surface area contributed by atoms with Crippen LogP contribution < -0.4 is 4.89 Å². The van der Waals surface area contributed by atoms with E-state index in [0.29, 0.717) is 23.9 Å². The van der Waals surface area contributed by atoms with Gasteiger partial charge in [-0.15, -0.1) is 0 Å². The van der Waals surface area contributed by atoms with Crippen molar-refractivity contribution in [3.05, 3.63) is 146 Å². The average molecular weight is 1130 g/mol. The first kappa shape index (κ1) is 75.9. The second-order valence-electron chi connectivity index (χ2n) is 21.7. The smallest absolute Gasteiger partial charge is 0.306 e. The average Bonchev–Trinajstić information content (AvgIpc) is 3.42. The molecule has 0 heterocycles. The molecule has 454 valence electrons. The Morgan fingerprint density at radius 1 is 0.388 bits per heavy atom. The number of likely N-dealkylation sites (N-methyl/N-ethyl adjacent to an activating group) is 1. The van der Waals surface area contributed by atoms with E-state index in [1.54, 1.807) is 0 Å². The predicted octanol–water partition coefficient (Wildman–Crippen LogP) is 19.6. The molecule has 0 spiro atoms. The number of hydrogen-bond donors (Lipinski definition) is 0. The van der Waals surface area contributed by atoms with Gasteiger partial charge in [-0.1, -0.05) is 250 Å².